The molecule has 3 N–H and O–H groups in total. The maximum absolute atomic E-state index is 9.64. The summed E-state index contributed by atoms with van der Waals surface area (Å²) in [5, 5.41) is 20.1. The van der Waals surface area contributed by atoms with Crippen molar-refractivity contribution in [2.45, 2.75) is 32.7 Å². The summed E-state index contributed by atoms with van der Waals surface area (Å²) in [6.45, 7) is 5.92. The van der Waals surface area contributed by atoms with Gasteiger partial charge < -0.3 is 20.3 Å². The van der Waals surface area contributed by atoms with Crippen LogP contribution >= 0.6 is 24.0 Å². The van der Waals surface area contributed by atoms with Crippen LogP contribution < -0.4 is 10.6 Å². The molecule has 0 aliphatic carbocycles. The highest BCUT2D eigenvalue weighted by Crippen LogP contribution is 2.13. The molecule has 6 nitrogen and oxygen atoms in total. The molecule has 2 rings (SSSR count). The number of aryl methyl sites for hydroxylation is 1. The Hall–Kier alpha value is -1.61. The van der Waals surface area contributed by atoms with E-state index in [1.54, 1.807) is 0 Å². The number of aromatic nitrogens is 1. The highest BCUT2D eigenvalue weighted by Gasteiger charge is 2.11. The molecule has 7 heteroatoms. The summed E-state index contributed by atoms with van der Waals surface area (Å²) in [6.07, 6.45) is 0.848. The van der Waals surface area contributed by atoms with Crippen LogP contribution in [-0.4, -0.2) is 35.9 Å². The predicted molar refractivity (Wildman–Crippen MR) is 110 cm³/mol. The largest absolute Gasteiger partial charge is 0.396 e. The molecule has 1 heterocycles. The number of nitrogens with one attached hydrogen (secondary N) is 2. The average molecular weight is 458 g/mol. The molecule has 0 aliphatic rings. The van der Waals surface area contributed by atoms with Crippen molar-refractivity contribution in [3.63, 3.8) is 0 Å². The number of benzene rings is 1. The lowest BCUT2D eigenvalue weighted by Gasteiger charge is -2.17. The van der Waals surface area contributed by atoms with Gasteiger partial charge in [-0.3, -0.25) is 0 Å². The third kappa shape index (κ3) is 7.03. The summed E-state index contributed by atoms with van der Waals surface area (Å²) in [5.74, 6) is 1.46. The first-order valence-electron chi connectivity index (χ1n) is 8.39. The topological polar surface area (TPSA) is 82.7 Å². The van der Waals surface area contributed by atoms with Gasteiger partial charge in [-0.05, 0) is 18.9 Å². The van der Waals surface area contributed by atoms with Crippen LogP contribution in [0.1, 0.15) is 36.8 Å². The Balaban J connectivity index is 0.00000312. The molecule has 2 aromatic rings. The van der Waals surface area contributed by atoms with Crippen molar-refractivity contribution in [3.8, 4) is 0 Å². The lowest BCUT2D eigenvalue weighted by molar-refractivity contribution is 0.265. The van der Waals surface area contributed by atoms with Crippen LogP contribution in [0.4, 0.5) is 0 Å². The van der Waals surface area contributed by atoms with Crippen LogP contribution in [0.3, 0.4) is 0 Å². The molecule has 0 spiro atoms. The molecule has 1 aromatic heterocycles. The second kappa shape index (κ2) is 11.9. The molecule has 0 amide bonds. The van der Waals surface area contributed by atoms with Gasteiger partial charge >= 0.3 is 0 Å². The molecule has 1 atom stereocenters. The van der Waals surface area contributed by atoms with Crippen molar-refractivity contribution >= 4 is 29.9 Å². The molecule has 0 fully saturated rings. The SMILES string of the molecule is CCNC(=NCc1cc(CC)no1)NCC(CO)c1ccccc1.I. The first kappa shape index (κ1) is 21.4. The van der Waals surface area contributed by atoms with Gasteiger partial charge in [0.15, 0.2) is 11.7 Å². The molecule has 1 unspecified atom stereocenters. The van der Waals surface area contributed by atoms with Crippen LogP contribution in [0.2, 0.25) is 0 Å². The van der Waals surface area contributed by atoms with Gasteiger partial charge in [-0.15, -0.1) is 24.0 Å². The maximum Gasteiger partial charge on any atom is 0.191 e. The first-order valence-corrected chi connectivity index (χ1v) is 8.39. The number of aliphatic hydroxyl groups excluding tert-OH is 1. The highest BCUT2D eigenvalue weighted by atomic mass is 127. The van der Waals surface area contributed by atoms with Gasteiger partial charge in [0.25, 0.3) is 0 Å². The minimum atomic E-state index is 0. The van der Waals surface area contributed by atoms with Crippen LogP contribution in [0.5, 0.6) is 0 Å². The Kier molecular flexibility index (Phi) is 10.2. The van der Waals surface area contributed by atoms with Crippen molar-refractivity contribution in [2.75, 3.05) is 19.7 Å². The van der Waals surface area contributed by atoms with Gasteiger partial charge in [-0.1, -0.05) is 42.4 Å². The summed E-state index contributed by atoms with van der Waals surface area (Å²) >= 11 is 0. The molecule has 0 saturated carbocycles. The predicted octanol–water partition coefficient (Wildman–Crippen LogP) is 2.69. The zero-order valence-corrected chi connectivity index (χ0v) is 17.1. The van der Waals surface area contributed by atoms with E-state index in [0.717, 1.165) is 30.0 Å². The molecular weight excluding hydrogens is 431 g/mol. The molecule has 0 aliphatic heterocycles. The number of hydrogen-bond acceptors (Lipinski definition) is 4. The molecule has 25 heavy (non-hydrogen) atoms. The lowest BCUT2D eigenvalue weighted by atomic mass is 10.0. The quantitative estimate of drug-likeness (QED) is 0.322. The smallest absolute Gasteiger partial charge is 0.191 e. The molecule has 0 bridgehead atoms. The van der Waals surface area contributed by atoms with Gasteiger partial charge in [0.1, 0.15) is 6.54 Å². The van der Waals surface area contributed by atoms with E-state index in [1.165, 1.54) is 0 Å². The fourth-order valence-electron chi connectivity index (χ4n) is 2.33. The Bertz CT molecular complexity index is 631. The highest BCUT2D eigenvalue weighted by molar-refractivity contribution is 14.0. The van der Waals surface area contributed by atoms with E-state index in [1.807, 2.05) is 50.2 Å². The second-order valence-electron chi connectivity index (χ2n) is 5.50. The van der Waals surface area contributed by atoms with Gasteiger partial charge in [0, 0.05) is 25.1 Å². The Morgan fingerprint density at radius 3 is 2.60 bits per heavy atom. The minimum absolute atomic E-state index is 0. The van der Waals surface area contributed by atoms with Crippen LogP contribution in [-0.2, 0) is 13.0 Å². The van der Waals surface area contributed by atoms with E-state index >= 15 is 0 Å². The summed E-state index contributed by atoms with van der Waals surface area (Å²) in [7, 11) is 0. The number of rotatable bonds is 8. The number of aliphatic imine (C=N–C) groups is 1. The minimum Gasteiger partial charge on any atom is -0.396 e. The fourth-order valence-corrected chi connectivity index (χ4v) is 2.33. The van der Waals surface area contributed by atoms with E-state index < -0.39 is 0 Å². The number of halogens is 1. The first-order chi connectivity index (χ1) is 11.8. The van der Waals surface area contributed by atoms with Gasteiger partial charge in [0.2, 0.25) is 0 Å². The van der Waals surface area contributed by atoms with Crippen molar-refractivity contribution in [1.82, 2.24) is 15.8 Å². The van der Waals surface area contributed by atoms with E-state index in [2.05, 4.69) is 20.8 Å². The maximum atomic E-state index is 9.64. The van der Waals surface area contributed by atoms with Crippen LogP contribution in [0, 0.1) is 0 Å². The summed E-state index contributed by atoms with van der Waals surface area (Å²) in [4.78, 5) is 4.51. The van der Waals surface area contributed by atoms with E-state index in [-0.39, 0.29) is 36.5 Å². The zero-order chi connectivity index (χ0) is 17.2. The van der Waals surface area contributed by atoms with Gasteiger partial charge in [-0.2, -0.15) is 0 Å². The lowest BCUT2D eigenvalue weighted by Crippen LogP contribution is -2.39. The van der Waals surface area contributed by atoms with Crippen molar-refractivity contribution < 1.29 is 9.63 Å². The van der Waals surface area contributed by atoms with Crippen LogP contribution in [0.15, 0.2) is 45.9 Å². The number of aliphatic hydroxyl groups is 1. The van der Waals surface area contributed by atoms with Crippen molar-refractivity contribution in [3.05, 3.63) is 53.4 Å². The molecule has 0 saturated heterocycles. The van der Waals surface area contributed by atoms with E-state index in [0.29, 0.717) is 19.0 Å². The van der Waals surface area contributed by atoms with Crippen molar-refractivity contribution in [2.24, 2.45) is 4.99 Å². The molecular formula is C18H27IN4O2. The van der Waals surface area contributed by atoms with Crippen LogP contribution in [0.25, 0.3) is 0 Å². The standard InChI is InChI=1S/C18H26N4O2.HI/c1-3-16-10-17(24-22-16)12-21-18(19-4-2)20-11-15(13-23)14-8-6-5-7-9-14;/h5-10,15,23H,3-4,11-13H2,1-2H3,(H2,19,20,21);1H. The van der Waals surface area contributed by atoms with Gasteiger partial charge in [-0.25, -0.2) is 4.99 Å². The third-order valence-electron chi connectivity index (χ3n) is 3.71. The van der Waals surface area contributed by atoms with E-state index in [4.69, 9.17) is 4.52 Å². The third-order valence-corrected chi connectivity index (χ3v) is 3.71. The Morgan fingerprint density at radius 2 is 2.00 bits per heavy atom. The number of nitrogens with zero attached hydrogens (tertiary/aromatic N) is 2. The second-order valence-corrected chi connectivity index (χ2v) is 5.50. The summed E-state index contributed by atoms with van der Waals surface area (Å²) < 4.78 is 5.25. The number of guanidine groups is 1. The fraction of sp³-hybridized carbons (Fsp3) is 0.444. The zero-order valence-electron chi connectivity index (χ0n) is 14.7. The van der Waals surface area contributed by atoms with Crippen molar-refractivity contribution in [1.29, 1.82) is 0 Å². The van der Waals surface area contributed by atoms with E-state index in [9.17, 15) is 5.11 Å². The average Bonchev–Trinajstić information content (AvgIpc) is 3.09. The Morgan fingerprint density at radius 1 is 1.24 bits per heavy atom. The number of hydrogen-bond donors (Lipinski definition) is 3. The Labute approximate surface area is 166 Å². The summed E-state index contributed by atoms with van der Waals surface area (Å²) in [6, 6.07) is 11.9. The molecule has 0 radical (unpaired) electrons. The summed E-state index contributed by atoms with van der Waals surface area (Å²) in [5.41, 5.74) is 2.04. The molecule has 138 valence electrons. The van der Waals surface area contributed by atoms with Gasteiger partial charge in [0.05, 0.1) is 12.3 Å². The monoisotopic (exact) mass is 458 g/mol. The normalized spacial score (nSPS) is 12.4. The molecule has 1 aromatic carbocycles.